The number of piperidine rings is 1. The average Bonchev–Trinajstić information content (AvgIpc) is 3.07. The van der Waals surface area contributed by atoms with Crippen molar-refractivity contribution in [2.75, 3.05) is 19.7 Å². The first-order valence-electron chi connectivity index (χ1n) is 8.72. The summed E-state index contributed by atoms with van der Waals surface area (Å²) in [7, 11) is 0. The lowest BCUT2D eigenvalue weighted by atomic mass is 9.91. The van der Waals surface area contributed by atoms with Crippen LogP contribution in [0.4, 0.5) is 0 Å². The van der Waals surface area contributed by atoms with Gasteiger partial charge in [0.2, 0.25) is 5.91 Å². The molecular weight excluding hydrogens is 302 g/mol. The molecule has 0 unspecified atom stereocenters. The number of benzene rings is 1. The van der Waals surface area contributed by atoms with Crippen LogP contribution in [0.1, 0.15) is 35.7 Å². The van der Waals surface area contributed by atoms with Crippen molar-refractivity contribution in [3.8, 4) is 5.75 Å². The fourth-order valence-electron chi connectivity index (χ4n) is 3.81. The van der Waals surface area contributed by atoms with Gasteiger partial charge in [0.25, 0.3) is 0 Å². The summed E-state index contributed by atoms with van der Waals surface area (Å²) in [6, 6.07) is 10.1. The summed E-state index contributed by atoms with van der Waals surface area (Å²) in [5.74, 6) is 1.41. The number of aryl methyl sites for hydroxylation is 1. The number of aromatic amines is 1. The number of fused-ring (bicyclic) bond motifs is 1. The summed E-state index contributed by atoms with van der Waals surface area (Å²) in [6.45, 7) is 4.11. The molecule has 0 radical (unpaired) electrons. The molecule has 0 bridgehead atoms. The van der Waals surface area contributed by atoms with E-state index in [0.29, 0.717) is 12.5 Å². The highest BCUT2D eigenvalue weighted by molar-refractivity contribution is 5.80. The first-order valence-corrected chi connectivity index (χ1v) is 8.72. The number of H-pyrrole nitrogens is 1. The van der Waals surface area contributed by atoms with Crippen LogP contribution in [-0.2, 0) is 11.2 Å². The van der Waals surface area contributed by atoms with Gasteiger partial charge in [0.15, 0.2) is 0 Å². The van der Waals surface area contributed by atoms with Gasteiger partial charge in [-0.3, -0.25) is 9.89 Å². The predicted octanol–water partition coefficient (Wildman–Crippen LogP) is 2.68. The van der Waals surface area contributed by atoms with Gasteiger partial charge >= 0.3 is 0 Å². The fourth-order valence-corrected chi connectivity index (χ4v) is 3.81. The molecule has 2 aliphatic heterocycles. The minimum absolute atomic E-state index is 0.0698. The quantitative estimate of drug-likeness (QED) is 0.923. The van der Waals surface area contributed by atoms with Crippen LogP contribution >= 0.6 is 0 Å². The predicted molar refractivity (Wildman–Crippen MR) is 91.0 cm³/mol. The third kappa shape index (κ3) is 2.90. The molecule has 2 aromatic rings. The Balaban J connectivity index is 1.45. The monoisotopic (exact) mass is 325 g/mol. The maximum atomic E-state index is 13.0. The van der Waals surface area contributed by atoms with E-state index in [2.05, 4.69) is 22.3 Å². The highest BCUT2D eigenvalue weighted by Gasteiger charge is 2.33. The number of hydrogen-bond acceptors (Lipinski definition) is 3. The maximum Gasteiger partial charge on any atom is 0.229 e. The van der Waals surface area contributed by atoms with E-state index in [-0.39, 0.29) is 11.8 Å². The first-order chi connectivity index (χ1) is 11.7. The molecule has 2 atom stereocenters. The highest BCUT2D eigenvalue weighted by atomic mass is 16.5. The molecule has 0 aliphatic carbocycles. The third-order valence-corrected chi connectivity index (χ3v) is 5.11. The standard InChI is InChI=1S/C19H23N3O2/c1-13-9-17(21-20-13)15-6-4-8-22(11-15)19(23)16-10-14-5-2-3-7-18(14)24-12-16/h2-3,5,7,9,15-16H,4,6,8,10-12H2,1H3,(H,20,21)/t15-,16+/m0/s1. The van der Waals surface area contributed by atoms with Crippen LogP contribution in [0.3, 0.4) is 0 Å². The Kier molecular flexibility index (Phi) is 4.00. The van der Waals surface area contributed by atoms with Crippen molar-refractivity contribution in [2.24, 2.45) is 5.92 Å². The number of carbonyl (C=O) groups is 1. The Morgan fingerprint density at radius 3 is 3.08 bits per heavy atom. The second kappa shape index (κ2) is 6.30. The van der Waals surface area contributed by atoms with Crippen molar-refractivity contribution >= 4 is 5.91 Å². The number of nitrogens with zero attached hydrogens (tertiary/aromatic N) is 2. The van der Waals surface area contributed by atoms with E-state index in [0.717, 1.165) is 55.1 Å². The molecule has 1 aromatic heterocycles. The van der Waals surface area contributed by atoms with Crippen molar-refractivity contribution in [3.63, 3.8) is 0 Å². The Labute approximate surface area is 142 Å². The van der Waals surface area contributed by atoms with Crippen LogP contribution in [0, 0.1) is 12.8 Å². The van der Waals surface area contributed by atoms with E-state index < -0.39 is 0 Å². The molecule has 4 rings (SSSR count). The van der Waals surface area contributed by atoms with Crippen LogP contribution in [-0.4, -0.2) is 40.7 Å². The van der Waals surface area contributed by atoms with E-state index >= 15 is 0 Å². The molecule has 5 heteroatoms. The van der Waals surface area contributed by atoms with Gasteiger partial charge < -0.3 is 9.64 Å². The number of nitrogens with one attached hydrogen (secondary N) is 1. The highest BCUT2D eigenvalue weighted by Crippen LogP contribution is 2.30. The minimum Gasteiger partial charge on any atom is -0.492 e. The van der Waals surface area contributed by atoms with Crippen LogP contribution in [0.2, 0.25) is 0 Å². The van der Waals surface area contributed by atoms with Gasteiger partial charge in [0.1, 0.15) is 12.4 Å². The number of aromatic nitrogens is 2. The lowest BCUT2D eigenvalue weighted by Gasteiger charge is -2.35. The molecule has 5 nitrogen and oxygen atoms in total. The lowest BCUT2D eigenvalue weighted by molar-refractivity contribution is -0.138. The van der Waals surface area contributed by atoms with Crippen molar-refractivity contribution < 1.29 is 9.53 Å². The average molecular weight is 325 g/mol. The number of ether oxygens (including phenoxy) is 1. The van der Waals surface area contributed by atoms with Crippen LogP contribution < -0.4 is 4.74 Å². The van der Waals surface area contributed by atoms with Crippen molar-refractivity contribution in [1.82, 2.24) is 15.1 Å². The number of para-hydroxylation sites is 1. The molecule has 1 aromatic carbocycles. The van der Waals surface area contributed by atoms with Crippen LogP contribution in [0.5, 0.6) is 5.75 Å². The molecule has 1 saturated heterocycles. The first kappa shape index (κ1) is 15.2. The van der Waals surface area contributed by atoms with Gasteiger partial charge in [-0.05, 0) is 43.9 Å². The number of amides is 1. The zero-order valence-corrected chi connectivity index (χ0v) is 14.0. The normalized spacial score (nSPS) is 23.5. The summed E-state index contributed by atoms with van der Waals surface area (Å²) in [5, 5.41) is 7.40. The lowest BCUT2D eigenvalue weighted by Crippen LogP contribution is -2.45. The number of carbonyl (C=O) groups excluding carboxylic acids is 1. The zero-order chi connectivity index (χ0) is 16.5. The Morgan fingerprint density at radius 1 is 1.38 bits per heavy atom. The fraction of sp³-hybridized carbons (Fsp3) is 0.474. The molecule has 0 spiro atoms. The molecular formula is C19H23N3O2. The molecule has 2 aliphatic rings. The molecule has 0 saturated carbocycles. The largest absolute Gasteiger partial charge is 0.492 e. The van der Waals surface area contributed by atoms with Gasteiger partial charge in [-0.15, -0.1) is 0 Å². The Bertz CT molecular complexity index is 740. The van der Waals surface area contributed by atoms with Crippen molar-refractivity contribution in [1.29, 1.82) is 0 Å². The number of rotatable bonds is 2. The van der Waals surface area contributed by atoms with Gasteiger partial charge in [0.05, 0.1) is 11.6 Å². The summed E-state index contributed by atoms with van der Waals surface area (Å²) < 4.78 is 5.80. The minimum atomic E-state index is -0.0698. The van der Waals surface area contributed by atoms with Crippen LogP contribution in [0.25, 0.3) is 0 Å². The molecule has 1 fully saturated rings. The second-order valence-electron chi connectivity index (χ2n) is 6.92. The molecule has 1 N–H and O–H groups in total. The second-order valence-corrected chi connectivity index (χ2v) is 6.92. The summed E-state index contributed by atoms with van der Waals surface area (Å²) >= 11 is 0. The van der Waals surface area contributed by atoms with Crippen molar-refractivity contribution in [2.45, 2.75) is 32.1 Å². The Morgan fingerprint density at radius 2 is 2.25 bits per heavy atom. The van der Waals surface area contributed by atoms with E-state index in [9.17, 15) is 4.79 Å². The van der Waals surface area contributed by atoms with Gasteiger partial charge in [-0.1, -0.05) is 18.2 Å². The molecule has 1 amide bonds. The van der Waals surface area contributed by atoms with Crippen LogP contribution in [0.15, 0.2) is 30.3 Å². The summed E-state index contributed by atoms with van der Waals surface area (Å²) in [6.07, 6.45) is 2.90. The SMILES string of the molecule is Cc1cc([C@H]2CCCN(C(=O)[C@H]3COc4ccccc4C3)C2)n[nH]1. The summed E-state index contributed by atoms with van der Waals surface area (Å²) in [4.78, 5) is 15.0. The third-order valence-electron chi connectivity index (χ3n) is 5.11. The molecule has 3 heterocycles. The van der Waals surface area contributed by atoms with Crippen molar-refractivity contribution in [3.05, 3.63) is 47.3 Å². The van der Waals surface area contributed by atoms with E-state index in [1.165, 1.54) is 0 Å². The molecule has 24 heavy (non-hydrogen) atoms. The molecule has 126 valence electrons. The van der Waals surface area contributed by atoms with Gasteiger partial charge in [-0.2, -0.15) is 5.10 Å². The Hall–Kier alpha value is -2.30. The maximum absolute atomic E-state index is 13.0. The number of likely N-dealkylation sites (tertiary alicyclic amines) is 1. The number of hydrogen-bond donors (Lipinski definition) is 1. The van der Waals surface area contributed by atoms with E-state index in [4.69, 9.17) is 4.74 Å². The zero-order valence-electron chi connectivity index (χ0n) is 14.0. The topological polar surface area (TPSA) is 58.2 Å². The van der Waals surface area contributed by atoms with Gasteiger partial charge in [0, 0.05) is 24.7 Å². The van der Waals surface area contributed by atoms with E-state index in [1.54, 1.807) is 0 Å². The smallest absolute Gasteiger partial charge is 0.229 e. The van der Waals surface area contributed by atoms with E-state index in [1.807, 2.05) is 30.0 Å². The summed E-state index contributed by atoms with van der Waals surface area (Å²) in [5.41, 5.74) is 3.29. The van der Waals surface area contributed by atoms with Gasteiger partial charge in [-0.25, -0.2) is 0 Å².